The second kappa shape index (κ2) is 5.35. The highest BCUT2D eigenvalue weighted by molar-refractivity contribution is 5.79. The largest absolute Gasteiger partial charge is 0.387 e. The lowest BCUT2D eigenvalue weighted by molar-refractivity contribution is 0.143. The zero-order chi connectivity index (χ0) is 13.1. The summed E-state index contributed by atoms with van der Waals surface area (Å²) in [5.41, 5.74) is 5.15. The standard InChI is InChI=1S/C11H23N5O/c1-11(2,3)14-10(17)16-6-4-15(5-7-16)8-9(12)13/h4-8H2,1-3H3,(H3,12,13)(H,14,17). The molecular formula is C11H23N5O. The molecule has 0 bridgehead atoms. The number of hydrogen-bond donors (Lipinski definition) is 3. The molecule has 1 fully saturated rings. The Balaban J connectivity index is 2.36. The lowest BCUT2D eigenvalue weighted by Crippen LogP contribution is -2.55. The number of carbonyl (C=O) groups is 1. The van der Waals surface area contributed by atoms with E-state index in [9.17, 15) is 4.79 Å². The van der Waals surface area contributed by atoms with Gasteiger partial charge in [-0.05, 0) is 20.8 Å². The predicted molar refractivity (Wildman–Crippen MR) is 68.2 cm³/mol. The van der Waals surface area contributed by atoms with E-state index >= 15 is 0 Å². The maximum atomic E-state index is 11.9. The molecular weight excluding hydrogens is 218 g/mol. The molecule has 1 rings (SSSR count). The van der Waals surface area contributed by atoms with Crippen LogP contribution in [-0.4, -0.2) is 59.9 Å². The molecule has 1 heterocycles. The number of carbonyl (C=O) groups excluding carboxylic acids is 1. The van der Waals surface area contributed by atoms with Gasteiger partial charge in [-0.1, -0.05) is 0 Å². The lowest BCUT2D eigenvalue weighted by Gasteiger charge is -2.36. The Morgan fingerprint density at radius 2 is 1.82 bits per heavy atom. The highest BCUT2D eigenvalue weighted by Crippen LogP contribution is 2.05. The summed E-state index contributed by atoms with van der Waals surface area (Å²) in [5, 5.41) is 10.2. The number of amides is 2. The van der Waals surface area contributed by atoms with Crippen LogP contribution in [0.4, 0.5) is 4.79 Å². The van der Waals surface area contributed by atoms with Crippen LogP contribution >= 0.6 is 0 Å². The van der Waals surface area contributed by atoms with Crippen molar-refractivity contribution in [3.05, 3.63) is 0 Å². The van der Waals surface area contributed by atoms with Gasteiger partial charge in [0, 0.05) is 31.7 Å². The van der Waals surface area contributed by atoms with Gasteiger partial charge in [-0.3, -0.25) is 10.3 Å². The molecule has 98 valence electrons. The van der Waals surface area contributed by atoms with E-state index in [4.69, 9.17) is 11.1 Å². The first-order valence-electron chi connectivity index (χ1n) is 5.90. The van der Waals surface area contributed by atoms with Crippen LogP contribution in [0.15, 0.2) is 0 Å². The number of amidine groups is 1. The first kappa shape index (κ1) is 13.8. The second-order valence-corrected chi connectivity index (χ2v) is 5.47. The van der Waals surface area contributed by atoms with Gasteiger partial charge < -0.3 is 16.0 Å². The van der Waals surface area contributed by atoms with Crippen LogP contribution in [0.5, 0.6) is 0 Å². The third kappa shape index (κ3) is 5.04. The van der Waals surface area contributed by atoms with Crippen molar-refractivity contribution in [2.75, 3.05) is 32.7 Å². The predicted octanol–water partition coefficient (Wildman–Crippen LogP) is 0.0481. The molecule has 1 aliphatic heterocycles. The summed E-state index contributed by atoms with van der Waals surface area (Å²) in [5.74, 6) is 0.178. The molecule has 0 aromatic carbocycles. The Morgan fingerprint density at radius 1 is 1.29 bits per heavy atom. The van der Waals surface area contributed by atoms with Crippen molar-refractivity contribution in [3.63, 3.8) is 0 Å². The summed E-state index contributed by atoms with van der Waals surface area (Å²) in [6.45, 7) is 9.33. The van der Waals surface area contributed by atoms with Gasteiger partial charge >= 0.3 is 6.03 Å². The van der Waals surface area contributed by atoms with Crippen LogP contribution in [-0.2, 0) is 0 Å². The minimum Gasteiger partial charge on any atom is -0.387 e. The number of nitrogens with two attached hydrogens (primary N) is 1. The van der Waals surface area contributed by atoms with Crippen molar-refractivity contribution in [1.29, 1.82) is 5.41 Å². The van der Waals surface area contributed by atoms with E-state index in [0.717, 1.165) is 13.1 Å². The summed E-state index contributed by atoms with van der Waals surface area (Å²) in [7, 11) is 0. The molecule has 0 spiro atoms. The summed E-state index contributed by atoms with van der Waals surface area (Å²) in [6, 6.07) is -0.0139. The topological polar surface area (TPSA) is 85.5 Å². The van der Waals surface area contributed by atoms with E-state index in [0.29, 0.717) is 19.6 Å². The summed E-state index contributed by atoms with van der Waals surface area (Å²) in [4.78, 5) is 15.8. The average molecular weight is 241 g/mol. The van der Waals surface area contributed by atoms with Crippen molar-refractivity contribution >= 4 is 11.9 Å². The molecule has 0 aromatic rings. The van der Waals surface area contributed by atoms with Crippen LogP contribution in [0.3, 0.4) is 0 Å². The van der Waals surface area contributed by atoms with Crippen molar-refractivity contribution in [2.45, 2.75) is 26.3 Å². The Hall–Kier alpha value is -1.30. The van der Waals surface area contributed by atoms with Crippen molar-refractivity contribution in [3.8, 4) is 0 Å². The fraction of sp³-hybridized carbons (Fsp3) is 0.818. The van der Waals surface area contributed by atoms with Gasteiger partial charge in [0.1, 0.15) is 5.84 Å². The van der Waals surface area contributed by atoms with Crippen LogP contribution < -0.4 is 11.1 Å². The molecule has 1 saturated heterocycles. The molecule has 0 saturated carbocycles. The monoisotopic (exact) mass is 241 g/mol. The van der Waals surface area contributed by atoms with Gasteiger partial charge in [-0.25, -0.2) is 4.79 Å². The Labute approximate surface area is 103 Å². The molecule has 1 aliphatic rings. The normalized spacial score (nSPS) is 17.9. The van der Waals surface area contributed by atoms with Crippen LogP contribution in [0.25, 0.3) is 0 Å². The van der Waals surface area contributed by atoms with E-state index in [1.54, 1.807) is 0 Å². The number of hydrogen-bond acceptors (Lipinski definition) is 3. The molecule has 0 radical (unpaired) electrons. The van der Waals surface area contributed by atoms with Crippen LogP contribution in [0.1, 0.15) is 20.8 Å². The van der Waals surface area contributed by atoms with Crippen molar-refractivity contribution in [2.24, 2.45) is 5.73 Å². The number of rotatable bonds is 2. The lowest BCUT2D eigenvalue weighted by atomic mass is 10.1. The zero-order valence-corrected chi connectivity index (χ0v) is 10.9. The second-order valence-electron chi connectivity index (χ2n) is 5.47. The third-order valence-corrected chi connectivity index (χ3v) is 2.54. The molecule has 0 unspecified atom stereocenters. The minimum atomic E-state index is -0.201. The number of nitrogens with one attached hydrogen (secondary N) is 2. The van der Waals surface area contributed by atoms with Gasteiger partial charge in [0.15, 0.2) is 0 Å². The molecule has 17 heavy (non-hydrogen) atoms. The Kier molecular flexibility index (Phi) is 4.34. The van der Waals surface area contributed by atoms with Gasteiger partial charge in [0.05, 0.1) is 6.54 Å². The molecule has 4 N–H and O–H groups in total. The van der Waals surface area contributed by atoms with Crippen LogP contribution in [0.2, 0.25) is 0 Å². The maximum absolute atomic E-state index is 11.9. The van der Waals surface area contributed by atoms with E-state index in [1.165, 1.54) is 0 Å². The molecule has 0 atom stereocenters. The summed E-state index contributed by atoms with van der Waals surface area (Å²) < 4.78 is 0. The highest BCUT2D eigenvalue weighted by atomic mass is 16.2. The minimum absolute atomic E-state index is 0.0139. The fourth-order valence-corrected chi connectivity index (χ4v) is 1.75. The van der Waals surface area contributed by atoms with Gasteiger partial charge in [0.2, 0.25) is 0 Å². The zero-order valence-electron chi connectivity index (χ0n) is 10.9. The van der Waals surface area contributed by atoms with Gasteiger partial charge in [-0.2, -0.15) is 0 Å². The third-order valence-electron chi connectivity index (χ3n) is 2.54. The fourth-order valence-electron chi connectivity index (χ4n) is 1.75. The molecule has 2 amide bonds. The number of nitrogens with zero attached hydrogens (tertiary/aromatic N) is 2. The summed E-state index contributed by atoms with van der Waals surface area (Å²) in [6.07, 6.45) is 0. The Morgan fingerprint density at radius 3 is 2.24 bits per heavy atom. The van der Waals surface area contributed by atoms with Gasteiger partial charge in [-0.15, -0.1) is 0 Å². The smallest absolute Gasteiger partial charge is 0.317 e. The molecule has 0 aliphatic carbocycles. The average Bonchev–Trinajstić information content (AvgIpc) is 2.15. The van der Waals surface area contributed by atoms with E-state index in [1.807, 2.05) is 25.7 Å². The highest BCUT2D eigenvalue weighted by Gasteiger charge is 2.23. The maximum Gasteiger partial charge on any atom is 0.317 e. The van der Waals surface area contributed by atoms with E-state index in [2.05, 4.69) is 10.2 Å². The van der Waals surface area contributed by atoms with Crippen LogP contribution in [0, 0.1) is 5.41 Å². The first-order valence-corrected chi connectivity index (χ1v) is 5.90. The molecule has 0 aromatic heterocycles. The number of urea groups is 1. The van der Waals surface area contributed by atoms with E-state index < -0.39 is 0 Å². The molecule has 6 heteroatoms. The quantitative estimate of drug-likeness (QED) is 0.471. The summed E-state index contributed by atoms with van der Waals surface area (Å²) >= 11 is 0. The SMILES string of the molecule is CC(C)(C)NC(=O)N1CCN(CC(=N)N)CC1. The van der Waals surface area contributed by atoms with Crippen molar-refractivity contribution in [1.82, 2.24) is 15.1 Å². The van der Waals surface area contributed by atoms with E-state index in [-0.39, 0.29) is 17.4 Å². The number of piperazine rings is 1. The molecule has 6 nitrogen and oxygen atoms in total. The first-order chi connectivity index (χ1) is 7.78. The van der Waals surface area contributed by atoms with Gasteiger partial charge in [0.25, 0.3) is 0 Å². The Bertz CT molecular complexity index is 289. The van der Waals surface area contributed by atoms with Crippen molar-refractivity contribution < 1.29 is 4.79 Å².